The van der Waals surface area contributed by atoms with Gasteiger partial charge in [0.05, 0.1) is 30.0 Å². The first-order valence-electron chi connectivity index (χ1n) is 12.4. The zero-order valence-corrected chi connectivity index (χ0v) is 20.8. The van der Waals surface area contributed by atoms with E-state index in [-0.39, 0.29) is 11.4 Å². The van der Waals surface area contributed by atoms with Crippen LogP contribution in [0.2, 0.25) is 0 Å². The monoisotopic (exact) mass is 452 g/mol. The molecule has 0 saturated heterocycles. The maximum absolute atomic E-state index is 11.9. The van der Waals surface area contributed by atoms with Crippen LogP contribution in [0.15, 0.2) is 58.8 Å². The molecule has 0 N–H and O–H groups in total. The van der Waals surface area contributed by atoms with E-state index in [1.807, 2.05) is 57.2 Å². The van der Waals surface area contributed by atoms with Crippen molar-refractivity contribution < 1.29 is 14.3 Å². The summed E-state index contributed by atoms with van der Waals surface area (Å²) in [7, 11) is 0. The van der Waals surface area contributed by atoms with Gasteiger partial charge in [-0.2, -0.15) is 10.2 Å². The standard InChI is InChI=1S/C28H40N2O3/c1-5-23-13-15-24(16-14-23)29-30-25-17-19-26(20-18-25)32-21-11-9-7-8-10-12-22-33-27(31)28(3,4)6-2/h13-20H,5-12,21-22H2,1-4H3. The van der Waals surface area contributed by atoms with Crippen molar-refractivity contribution in [2.24, 2.45) is 15.6 Å². The fraction of sp³-hybridized carbons (Fsp3) is 0.536. The molecule has 33 heavy (non-hydrogen) atoms. The van der Waals surface area contributed by atoms with Gasteiger partial charge in [-0.15, -0.1) is 0 Å². The number of nitrogens with zero attached hydrogens (tertiary/aromatic N) is 2. The third-order valence-electron chi connectivity index (χ3n) is 5.94. The van der Waals surface area contributed by atoms with Crippen LogP contribution in [0.5, 0.6) is 5.75 Å². The topological polar surface area (TPSA) is 60.3 Å². The second-order valence-electron chi connectivity index (χ2n) is 9.06. The molecule has 5 nitrogen and oxygen atoms in total. The molecule has 0 aliphatic carbocycles. The van der Waals surface area contributed by atoms with Crippen molar-refractivity contribution in [2.45, 2.75) is 79.1 Å². The number of unbranched alkanes of at least 4 members (excludes halogenated alkanes) is 5. The minimum atomic E-state index is -0.370. The van der Waals surface area contributed by atoms with E-state index in [9.17, 15) is 4.79 Å². The number of rotatable bonds is 15. The quantitative estimate of drug-likeness (QED) is 0.155. The minimum absolute atomic E-state index is 0.0834. The average Bonchev–Trinajstić information content (AvgIpc) is 2.84. The van der Waals surface area contributed by atoms with Crippen LogP contribution in [0.4, 0.5) is 11.4 Å². The van der Waals surface area contributed by atoms with Crippen LogP contribution in [-0.2, 0) is 16.0 Å². The molecule has 0 spiro atoms. The van der Waals surface area contributed by atoms with Gasteiger partial charge in [-0.05, 0) is 81.5 Å². The number of hydrogen-bond donors (Lipinski definition) is 0. The third-order valence-corrected chi connectivity index (χ3v) is 5.94. The molecule has 0 heterocycles. The highest BCUT2D eigenvalue weighted by atomic mass is 16.5. The van der Waals surface area contributed by atoms with Crippen molar-refractivity contribution in [3.8, 4) is 5.75 Å². The molecule has 0 amide bonds. The van der Waals surface area contributed by atoms with Crippen LogP contribution < -0.4 is 4.74 Å². The molecule has 0 atom stereocenters. The highest BCUT2D eigenvalue weighted by molar-refractivity contribution is 5.75. The number of carbonyl (C=O) groups excluding carboxylic acids is 1. The molecule has 0 bridgehead atoms. The summed E-state index contributed by atoms with van der Waals surface area (Å²) in [5, 5.41) is 8.58. The molecule has 0 aliphatic rings. The zero-order chi connectivity index (χ0) is 23.9. The molecule has 0 radical (unpaired) electrons. The lowest BCUT2D eigenvalue weighted by molar-refractivity contribution is -0.154. The molecule has 2 rings (SSSR count). The molecular weight excluding hydrogens is 412 g/mol. The van der Waals surface area contributed by atoms with Gasteiger partial charge >= 0.3 is 5.97 Å². The van der Waals surface area contributed by atoms with Crippen LogP contribution >= 0.6 is 0 Å². The summed E-state index contributed by atoms with van der Waals surface area (Å²) in [5.74, 6) is 0.776. The molecule has 2 aromatic rings. The normalized spacial score (nSPS) is 11.6. The molecule has 2 aromatic carbocycles. The lowest BCUT2D eigenvalue weighted by Crippen LogP contribution is -2.26. The van der Waals surface area contributed by atoms with Gasteiger partial charge in [-0.25, -0.2) is 0 Å². The number of azo groups is 1. The largest absolute Gasteiger partial charge is 0.494 e. The Hall–Kier alpha value is -2.69. The van der Waals surface area contributed by atoms with Gasteiger partial charge in [0.15, 0.2) is 0 Å². The number of esters is 1. The molecule has 0 unspecified atom stereocenters. The second-order valence-corrected chi connectivity index (χ2v) is 9.06. The summed E-state index contributed by atoms with van der Waals surface area (Å²) >= 11 is 0. The minimum Gasteiger partial charge on any atom is -0.494 e. The first kappa shape index (κ1) is 26.6. The van der Waals surface area contributed by atoms with E-state index < -0.39 is 0 Å². The number of aryl methyl sites for hydroxylation is 1. The predicted molar refractivity (Wildman–Crippen MR) is 135 cm³/mol. The second kappa shape index (κ2) is 14.5. The SMILES string of the molecule is CCc1ccc(N=Nc2ccc(OCCCCCCCCOC(=O)C(C)(C)CC)cc2)cc1. The van der Waals surface area contributed by atoms with Crippen LogP contribution in [0.3, 0.4) is 0 Å². The Kier molecular flexibility index (Phi) is 11.6. The van der Waals surface area contributed by atoms with Crippen molar-refractivity contribution in [2.75, 3.05) is 13.2 Å². The Balaban J connectivity index is 1.53. The maximum Gasteiger partial charge on any atom is 0.311 e. The Morgan fingerprint density at radius 3 is 1.82 bits per heavy atom. The van der Waals surface area contributed by atoms with Crippen LogP contribution in [0, 0.1) is 5.41 Å². The molecule has 0 aliphatic heterocycles. The lowest BCUT2D eigenvalue weighted by atomic mass is 9.91. The molecule has 0 aromatic heterocycles. The van der Waals surface area contributed by atoms with E-state index >= 15 is 0 Å². The Bertz CT molecular complexity index is 842. The van der Waals surface area contributed by atoms with Crippen molar-refractivity contribution in [1.82, 2.24) is 0 Å². The average molecular weight is 453 g/mol. The van der Waals surface area contributed by atoms with E-state index in [2.05, 4.69) is 29.3 Å². The van der Waals surface area contributed by atoms with E-state index in [0.29, 0.717) is 13.2 Å². The van der Waals surface area contributed by atoms with E-state index in [0.717, 1.165) is 62.1 Å². The van der Waals surface area contributed by atoms with Crippen molar-refractivity contribution in [1.29, 1.82) is 0 Å². The Morgan fingerprint density at radius 1 is 0.758 bits per heavy atom. The van der Waals surface area contributed by atoms with E-state index in [1.165, 1.54) is 12.0 Å². The van der Waals surface area contributed by atoms with Gasteiger partial charge in [0.2, 0.25) is 0 Å². The number of benzene rings is 2. The Labute approximate surface area is 199 Å². The van der Waals surface area contributed by atoms with Crippen molar-refractivity contribution in [3.05, 3.63) is 54.1 Å². The lowest BCUT2D eigenvalue weighted by Gasteiger charge is -2.20. The van der Waals surface area contributed by atoms with E-state index in [1.54, 1.807) is 0 Å². The van der Waals surface area contributed by atoms with Gasteiger partial charge in [0.1, 0.15) is 5.75 Å². The van der Waals surface area contributed by atoms with Gasteiger partial charge < -0.3 is 9.47 Å². The summed E-state index contributed by atoms with van der Waals surface area (Å²) in [6.07, 6.45) is 8.38. The summed E-state index contributed by atoms with van der Waals surface area (Å²) < 4.78 is 11.2. The number of carbonyl (C=O) groups is 1. The van der Waals surface area contributed by atoms with Crippen molar-refractivity contribution >= 4 is 17.3 Å². The first-order chi connectivity index (χ1) is 15.9. The zero-order valence-electron chi connectivity index (χ0n) is 20.8. The third kappa shape index (κ3) is 10.2. The molecule has 5 heteroatoms. The fourth-order valence-corrected chi connectivity index (χ4v) is 3.13. The molecule has 180 valence electrons. The fourth-order valence-electron chi connectivity index (χ4n) is 3.13. The highest BCUT2D eigenvalue weighted by Gasteiger charge is 2.26. The molecule has 0 fully saturated rings. The highest BCUT2D eigenvalue weighted by Crippen LogP contribution is 2.23. The maximum atomic E-state index is 11.9. The molecular formula is C28H40N2O3. The summed E-state index contributed by atoms with van der Waals surface area (Å²) in [5.41, 5.74) is 2.59. The van der Waals surface area contributed by atoms with Gasteiger partial charge in [-0.1, -0.05) is 51.7 Å². The number of hydrogen-bond acceptors (Lipinski definition) is 5. The van der Waals surface area contributed by atoms with Gasteiger partial charge in [0.25, 0.3) is 0 Å². The van der Waals surface area contributed by atoms with Gasteiger partial charge in [0, 0.05) is 0 Å². The summed E-state index contributed by atoms with van der Waals surface area (Å²) in [6.45, 7) is 9.27. The van der Waals surface area contributed by atoms with Crippen LogP contribution in [0.25, 0.3) is 0 Å². The summed E-state index contributed by atoms with van der Waals surface area (Å²) in [4.78, 5) is 11.9. The summed E-state index contributed by atoms with van der Waals surface area (Å²) in [6, 6.07) is 15.9. The van der Waals surface area contributed by atoms with E-state index in [4.69, 9.17) is 9.47 Å². The van der Waals surface area contributed by atoms with Crippen LogP contribution in [-0.4, -0.2) is 19.2 Å². The van der Waals surface area contributed by atoms with Gasteiger partial charge in [-0.3, -0.25) is 4.79 Å². The first-order valence-corrected chi connectivity index (χ1v) is 12.4. The van der Waals surface area contributed by atoms with Crippen LogP contribution in [0.1, 0.15) is 78.2 Å². The predicted octanol–water partition coefficient (Wildman–Crippen LogP) is 8.36. The smallest absolute Gasteiger partial charge is 0.311 e. The Morgan fingerprint density at radius 2 is 1.27 bits per heavy atom. The number of ether oxygens (including phenoxy) is 2. The van der Waals surface area contributed by atoms with Crippen molar-refractivity contribution in [3.63, 3.8) is 0 Å². The molecule has 0 saturated carbocycles.